The monoisotopic (exact) mass is 421 g/mol. The first-order chi connectivity index (χ1) is 14.3. The van der Waals surface area contributed by atoms with Crippen LogP contribution in [0.4, 0.5) is 18.9 Å². The lowest BCUT2D eigenvalue weighted by molar-refractivity contribution is -0.274. The maximum absolute atomic E-state index is 12.5. The molecule has 0 aliphatic heterocycles. The first-order valence-corrected chi connectivity index (χ1v) is 9.04. The van der Waals surface area contributed by atoms with Gasteiger partial charge >= 0.3 is 6.36 Å². The summed E-state index contributed by atoms with van der Waals surface area (Å²) in [6.45, 7) is 2.44. The van der Waals surface area contributed by atoms with Crippen LogP contribution in [0.2, 0.25) is 0 Å². The molecule has 2 aromatic carbocycles. The number of benzene rings is 2. The summed E-state index contributed by atoms with van der Waals surface area (Å²) in [6.07, 6.45) is -4.80. The third-order valence-electron chi connectivity index (χ3n) is 3.84. The van der Waals surface area contributed by atoms with E-state index >= 15 is 0 Å². The molecule has 3 rings (SSSR count). The highest BCUT2D eigenvalue weighted by molar-refractivity contribution is 5.92. The highest BCUT2D eigenvalue weighted by Gasteiger charge is 2.32. The fourth-order valence-electron chi connectivity index (χ4n) is 2.56. The summed E-state index contributed by atoms with van der Waals surface area (Å²) in [5.74, 6) is 0.297. The zero-order valence-corrected chi connectivity index (χ0v) is 15.9. The van der Waals surface area contributed by atoms with Crippen molar-refractivity contribution < 1.29 is 32.0 Å². The van der Waals surface area contributed by atoms with Crippen LogP contribution in [-0.2, 0) is 11.2 Å². The topological polar surface area (TPSA) is 86.5 Å². The van der Waals surface area contributed by atoms with Crippen LogP contribution in [0.3, 0.4) is 0 Å². The van der Waals surface area contributed by atoms with E-state index in [0.29, 0.717) is 12.4 Å². The Kier molecular flexibility index (Phi) is 6.55. The van der Waals surface area contributed by atoms with Gasteiger partial charge in [-0.1, -0.05) is 17.3 Å². The zero-order chi connectivity index (χ0) is 21.6. The van der Waals surface area contributed by atoms with E-state index in [2.05, 4.69) is 20.2 Å². The second-order valence-electron chi connectivity index (χ2n) is 6.06. The third kappa shape index (κ3) is 5.97. The molecule has 0 radical (unpaired) electrons. The van der Waals surface area contributed by atoms with Gasteiger partial charge in [0.25, 0.3) is 0 Å². The number of ether oxygens (including phenoxy) is 2. The minimum atomic E-state index is -4.86. The summed E-state index contributed by atoms with van der Waals surface area (Å²) < 4.78 is 51.8. The molecule has 0 unspecified atom stereocenters. The van der Waals surface area contributed by atoms with Crippen LogP contribution >= 0.6 is 0 Å². The van der Waals surface area contributed by atoms with Gasteiger partial charge in [-0.15, -0.1) is 13.2 Å². The van der Waals surface area contributed by atoms with Gasteiger partial charge in [-0.2, -0.15) is 4.98 Å². The average molecular weight is 421 g/mol. The molecule has 1 heterocycles. The number of nitrogens with one attached hydrogen (secondary N) is 1. The molecule has 0 fully saturated rings. The molecule has 1 amide bonds. The number of hydrogen-bond donors (Lipinski definition) is 1. The first-order valence-electron chi connectivity index (χ1n) is 9.04. The van der Waals surface area contributed by atoms with Crippen molar-refractivity contribution >= 4 is 11.6 Å². The number of anilines is 1. The van der Waals surface area contributed by atoms with Crippen molar-refractivity contribution in [2.75, 3.05) is 11.9 Å². The standard InChI is InChI=1S/C20H18F3N3O4/c1-2-28-14-9-7-13(8-10-14)19-25-18(30-26-19)12-11-17(27)24-15-5-3-4-6-16(15)29-20(21,22)23/h3-10H,2,11-12H2,1H3,(H,24,27). The maximum Gasteiger partial charge on any atom is 0.573 e. The Morgan fingerprint density at radius 1 is 1.13 bits per heavy atom. The summed E-state index contributed by atoms with van der Waals surface area (Å²) in [7, 11) is 0. The quantitative estimate of drug-likeness (QED) is 0.572. The van der Waals surface area contributed by atoms with E-state index in [1.54, 1.807) is 24.3 Å². The molecule has 7 nitrogen and oxygen atoms in total. The maximum atomic E-state index is 12.5. The fourth-order valence-corrected chi connectivity index (χ4v) is 2.56. The molecule has 10 heteroatoms. The van der Waals surface area contributed by atoms with Crippen molar-refractivity contribution in [1.82, 2.24) is 10.1 Å². The predicted molar refractivity (Wildman–Crippen MR) is 101 cm³/mol. The molecular weight excluding hydrogens is 403 g/mol. The molecule has 0 bridgehead atoms. The van der Waals surface area contributed by atoms with Gasteiger partial charge in [-0.25, -0.2) is 0 Å². The van der Waals surface area contributed by atoms with Gasteiger partial charge in [0.05, 0.1) is 12.3 Å². The smallest absolute Gasteiger partial charge is 0.494 e. The SMILES string of the molecule is CCOc1ccc(-c2noc(CCC(=O)Nc3ccccc3OC(F)(F)F)n2)cc1. The van der Waals surface area contributed by atoms with E-state index in [1.807, 2.05) is 6.92 Å². The van der Waals surface area contributed by atoms with E-state index in [9.17, 15) is 18.0 Å². The molecular formula is C20H18F3N3O4. The van der Waals surface area contributed by atoms with Crippen LogP contribution in [0.1, 0.15) is 19.2 Å². The summed E-state index contributed by atoms with van der Waals surface area (Å²) in [5.41, 5.74) is 0.636. The molecule has 0 aliphatic rings. The van der Waals surface area contributed by atoms with E-state index in [-0.39, 0.29) is 24.4 Å². The normalized spacial score (nSPS) is 11.2. The Labute approximate surface area is 169 Å². The summed E-state index contributed by atoms with van der Waals surface area (Å²) in [6, 6.07) is 12.4. The largest absolute Gasteiger partial charge is 0.573 e. The van der Waals surface area contributed by atoms with Crippen LogP contribution in [0.5, 0.6) is 11.5 Å². The number of aromatic nitrogens is 2. The van der Waals surface area contributed by atoms with Gasteiger partial charge in [0.15, 0.2) is 5.75 Å². The van der Waals surface area contributed by atoms with E-state index in [4.69, 9.17) is 9.26 Å². The number of aryl methyl sites for hydroxylation is 1. The lowest BCUT2D eigenvalue weighted by Crippen LogP contribution is -2.19. The fraction of sp³-hybridized carbons (Fsp3) is 0.250. The van der Waals surface area contributed by atoms with Crippen molar-refractivity contribution in [2.24, 2.45) is 0 Å². The summed E-state index contributed by atoms with van der Waals surface area (Å²) >= 11 is 0. The van der Waals surface area contributed by atoms with Gasteiger partial charge in [0.2, 0.25) is 17.6 Å². The average Bonchev–Trinajstić information content (AvgIpc) is 3.17. The summed E-state index contributed by atoms with van der Waals surface area (Å²) in [4.78, 5) is 16.4. The number of carbonyl (C=O) groups is 1. The molecule has 1 aromatic heterocycles. The minimum absolute atomic E-state index is 0.0642. The van der Waals surface area contributed by atoms with Crippen molar-refractivity contribution in [1.29, 1.82) is 0 Å². The molecule has 3 aromatic rings. The second-order valence-corrected chi connectivity index (χ2v) is 6.06. The van der Waals surface area contributed by atoms with E-state index in [0.717, 1.165) is 17.4 Å². The lowest BCUT2D eigenvalue weighted by Gasteiger charge is -2.13. The number of nitrogens with zero attached hydrogens (tertiary/aromatic N) is 2. The number of hydrogen-bond acceptors (Lipinski definition) is 6. The van der Waals surface area contributed by atoms with Crippen LogP contribution in [-0.4, -0.2) is 29.0 Å². The van der Waals surface area contributed by atoms with Crippen LogP contribution in [0, 0.1) is 0 Å². The highest BCUT2D eigenvalue weighted by Crippen LogP contribution is 2.30. The molecule has 158 valence electrons. The Morgan fingerprint density at radius 2 is 1.87 bits per heavy atom. The number of carbonyl (C=O) groups excluding carboxylic acids is 1. The van der Waals surface area contributed by atoms with E-state index < -0.39 is 18.0 Å². The molecule has 0 spiro atoms. The molecule has 0 atom stereocenters. The van der Waals surface area contributed by atoms with Crippen molar-refractivity contribution in [3.05, 3.63) is 54.4 Å². The van der Waals surface area contributed by atoms with Crippen LogP contribution in [0.25, 0.3) is 11.4 Å². The Morgan fingerprint density at radius 3 is 2.57 bits per heavy atom. The number of amides is 1. The van der Waals surface area contributed by atoms with Crippen molar-refractivity contribution in [3.63, 3.8) is 0 Å². The van der Waals surface area contributed by atoms with Gasteiger partial charge in [0, 0.05) is 18.4 Å². The predicted octanol–water partition coefficient (Wildman–Crippen LogP) is 4.61. The molecule has 30 heavy (non-hydrogen) atoms. The molecule has 1 N–H and O–H groups in total. The minimum Gasteiger partial charge on any atom is -0.494 e. The second kappa shape index (κ2) is 9.29. The number of para-hydroxylation sites is 2. The lowest BCUT2D eigenvalue weighted by atomic mass is 10.2. The first kappa shape index (κ1) is 21.2. The van der Waals surface area contributed by atoms with Gasteiger partial charge < -0.3 is 19.3 Å². The highest BCUT2D eigenvalue weighted by atomic mass is 19.4. The Balaban J connectivity index is 1.57. The third-order valence-corrected chi connectivity index (χ3v) is 3.84. The number of alkyl halides is 3. The van der Waals surface area contributed by atoms with Crippen molar-refractivity contribution in [3.8, 4) is 22.9 Å². The Hall–Kier alpha value is -3.56. The molecule has 0 saturated carbocycles. The Bertz CT molecular complexity index is 987. The van der Waals surface area contributed by atoms with Gasteiger partial charge in [-0.05, 0) is 43.3 Å². The van der Waals surface area contributed by atoms with Gasteiger partial charge in [-0.3, -0.25) is 4.79 Å². The summed E-state index contributed by atoms with van der Waals surface area (Å²) in [5, 5.41) is 6.27. The molecule has 0 aliphatic carbocycles. The van der Waals surface area contributed by atoms with Gasteiger partial charge in [0.1, 0.15) is 5.75 Å². The number of halogens is 3. The van der Waals surface area contributed by atoms with E-state index in [1.165, 1.54) is 18.2 Å². The van der Waals surface area contributed by atoms with Crippen molar-refractivity contribution in [2.45, 2.75) is 26.1 Å². The molecule has 0 saturated heterocycles. The van der Waals surface area contributed by atoms with Crippen LogP contribution in [0.15, 0.2) is 53.1 Å². The van der Waals surface area contributed by atoms with Crippen LogP contribution < -0.4 is 14.8 Å². The zero-order valence-electron chi connectivity index (χ0n) is 15.9. The number of rotatable bonds is 8.